The molecule has 1 saturated heterocycles. The van der Waals surface area contributed by atoms with Crippen LogP contribution in [0.25, 0.3) is 0 Å². The molecule has 19 heavy (non-hydrogen) atoms. The van der Waals surface area contributed by atoms with Crippen LogP contribution in [0, 0.1) is 0 Å². The molecule has 0 aromatic carbocycles. The Morgan fingerprint density at radius 1 is 1.63 bits per heavy atom. The van der Waals surface area contributed by atoms with Gasteiger partial charge in [0.2, 0.25) is 5.91 Å². The molecule has 5 nitrogen and oxygen atoms in total. The van der Waals surface area contributed by atoms with Crippen LogP contribution in [0.5, 0.6) is 0 Å². The lowest BCUT2D eigenvalue weighted by atomic mass is 10.1. The van der Waals surface area contributed by atoms with Gasteiger partial charge in [0.25, 0.3) is 0 Å². The minimum atomic E-state index is 0.155. The Bertz CT molecular complexity index is 397. The summed E-state index contributed by atoms with van der Waals surface area (Å²) in [6, 6.07) is 4.15. The Morgan fingerprint density at radius 3 is 3.26 bits per heavy atom. The fourth-order valence-corrected chi connectivity index (χ4v) is 2.46. The first-order chi connectivity index (χ1) is 9.33. The number of carbonyl (C=O) groups excluding carboxylic acids is 1. The average Bonchev–Trinajstić information content (AvgIpc) is 2.94. The van der Waals surface area contributed by atoms with Crippen LogP contribution in [0.3, 0.4) is 0 Å². The second-order valence-electron chi connectivity index (χ2n) is 4.70. The Labute approximate surface area is 114 Å². The molecule has 0 aliphatic carbocycles. The summed E-state index contributed by atoms with van der Waals surface area (Å²) < 4.78 is 4.94. The lowest BCUT2D eigenvalue weighted by molar-refractivity contribution is -0.131. The highest BCUT2D eigenvalue weighted by atomic mass is 16.5. The topological polar surface area (TPSA) is 54.5 Å². The molecule has 1 aliphatic heterocycles. The van der Waals surface area contributed by atoms with E-state index in [0.717, 1.165) is 24.9 Å². The lowest BCUT2D eigenvalue weighted by Gasteiger charge is -2.25. The van der Waals surface area contributed by atoms with E-state index in [1.807, 2.05) is 23.2 Å². The van der Waals surface area contributed by atoms with Crippen molar-refractivity contribution in [2.75, 3.05) is 33.4 Å². The average molecular weight is 263 g/mol. The number of likely N-dealkylation sites (tertiary alicyclic amines) is 1. The van der Waals surface area contributed by atoms with E-state index in [4.69, 9.17) is 4.74 Å². The van der Waals surface area contributed by atoms with Gasteiger partial charge in [-0.15, -0.1) is 0 Å². The molecule has 0 radical (unpaired) electrons. The summed E-state index contributed by atoms with van der Waals surface area (Å²) >= 11 is 0. The van der Waals surface area contributed by atoms with Gasteiger partial charge in [-0.3, -0.25) is 9.78 Å². The molecular formula is C14H21N3O2. The zero-order valence-corrected chi connectivity index (χ0v) is 11.3. The second kappa shape index (κ2) is 7.21. The van der Waals surface area contributed by atoms with Crippen molar-refractivity contribution in [2.45, 2.75) is 18.9 Å². The smallest absolute Gasteiger partial charge is 0.237 e. The van der Waals surface area contributed by atoms with Crippen LogP contribution in [0.2, 0.25) is 0 Å². The summed E-state index contributed by atoms with van der Waals surface area (Å²) in [5.41, 5.74) is 1.13. The molecule has 1 amide bonds. The standard InChI is InChI=1S/C14H21N3O2/c1-19-9-7-16-11-14(18)17-8-3-5-13(17)12-4-2-6-15-10-12/h2,4,6,10,13,16H,3,5,7-9,11H2,1H3. The molecule has 1 aromatic heterocycles. The van der Waals surface area contributed by atoms with Gasteiger partial charge in [0.1, 0.15) is 0 Å². The van der Waals surface area contributed by atoms with Crippen LogP contribution in [0.1, 0.15) is 24.4 Å². The number of nitrogens with one attached hydrogen (secondary N) is 1. The van der Waals surface area contributed by atoms with E-state index in [-0.39, 0.29) is 11.9 Å². The highest BCUT2D eigenvalue weighted by Gasteiger charge is 2.29. The van der Waals surface area contributed by atoms with Crippen molar-refractivity contribution in [3.05, 3.63) is 30.1 Å². The van der Waals surface area contributed by atoms with Crippen molar-refractivity contribution in [1.29, 1.82) is 0 Å². The number of amides is 1. The molecule has 1 N–H and O–H groups in total. The molecule has 1 atom stereocenters. The summed E-state index contributed by atoms with van der Waals surface area (Å²) in [6.45, 7) is 2.54. The van der Waals surface area contributed by atoms with Gasteiger partial charge < -0.3 is 15.0 Å². The van der Waals surface area contributed by atoms with Crippen LogP contribution in [0.4, 0.5) is 0 Å². The number of pyridine rings is 1. The van der Waals surface area contributed by atoms with Gasteiger partial charge in [-0.25, -0.2) is 0 Å². The molecule has 1 aliphatic rings. The van der Waals surface area contributed by atoms with Gasteiger partial charge in [-0.1, -0.05) is 6.07 Å². The molecule has 0 bridgehead atoms. The summed E-state index contributed by atoms with van der Waals surface area (Å²) in [5, 5.41) is 3.10. The fourth-order valence-electron chi connectivity index (χ4n) is 2.46. The first-order valence-electron chi connectivity index (χ1n) is 6.72. The van der Waals surface area contributed by atoms with E-state index in [0.29, 0.717) is 19.7 Å². The predicted octanol–water partition coefficient (Wildman–Crippen LogP) is 0.981. The maximum absolute atomic E-state index is 12.2. The highest BCUT2D eigenvalue weighted by Crippen LogP contribution is 2.31. The zero-order valence-electron chi connectivity index (χ0n) is 11.3. The first kappa shape index (κ1) is 14.0. The highest BCUT2D eigenvalue weighted by molar-refractivity contribution is 5.79. The molecule has 1 fully saturated rings. The predicted molar refractivity (Wildman–Crippen MR) is 72.7 cm³/mol. The van der Waals surface area contributed by atoms with Crippen LogP contribution < -0.4 is 5.32 Å². The first-order valence-corrected chi connectivity index (χ1v) is 6.72. The van der Waals surface area contributed by atoms with E-state index in [1.54, 1.807) is 13.3 Å². The van der Waals surface area contributed by atoms with Gasteiger partial charge in [-0.2, -0.15) is 0 Å². The number of nitrogens with zero attached hydrogens (tertiary/aromatic N) is 2. The number of aromatic nitrogens is 1. The van der Waals surface area contributed by atoms with E-state index in [2.05, 4.69) is 10.3 Å². The summed E-state index contributed by atoms with van der Waals surface area (Å²) in [7, 11) is 1.66. The normalized spacial score (nSPS) is 18.8. The van der Waals surface area contributed by atoms with E-state index >= 15 is 0 Å². The summed E-state index contributed by atoms with van der Waals surface area (Å²) in [4.78, 5) is 18.3. The van der Waals surface area contributed by atoms with Gasteiger partial charge >= 0.3 is 0 Å². The zero-order chi connectivity index (χ0) is 13.5. The van der Waals surface area contributed by atoms with E-state index in [1.165, 1.54) is 0 Å². The van der Waals surface area contributed by atoms with Crippen molar-refractivity contribution >= 4 is 5.91 Å². The van der Waals surface area contributed by atoms with Gasteiger partial charge in [0, 0.05) is 32.6 Å². The minimum Gasteiger partial charge on any atom is -0.383 e. The quantitative estimate of drug-likeness (QED) is 0.777. The lowest BCUT2D eigenvalue weighted by Crippen LogP contribution is -2.38. The Kier molecular flexibility index (Phi) is 5.30. The number of ether oxygens (including phenoxy) is 1. The van der Waals surface area contributed by atoms with Crippen molar-refractivity contribution in [3.63, 3.8) is 0 Å². The largest absolute Gasteiger partial charge is 0.383 e. The number of rotatable bonds is 6. The third kappa shape index (κ3) is 3.75. The number of hydrogen-bond donors (Lipinski definition) is 1. The maximum Gasteiger partial charge on any atom is 0.237 e. The number of methoxy groups -OCH3 is 1. The van der Waals surface area contributed by atoms with E-state index in [9.17, 15) is 4.79 Å². The number of carbonyl (C=O) groups is 1. The van der Waals surface area contributed by atoms with Crippen molar-refractivity contribution in [2.24, 2.45) is 0 Å². The molecule has 1 aromatic rings. The molecule has 1 unspecified atom stereocenters. The van der Waals surface area contributed by atoms with Gasteiger partial charge in [-0.05, 0) is 24.5 Å². The second-order valence-corrected chi connectivity index (χ2v) is 4.70. The monoisotopic (exact) mass is 263 g/mol. The van der Waals surface area contributed by atoms with Crippen LogP contribution >= 0.6 is 0 Å². The summed E-state index contributed by atoms with van der Waals surface area (Å²) in [6.07, 6.45) is 5.70. The van der Waals surface area contributed by atoms with Crippen LogP contribution in [-0.4, -0.2) is 49.1 Å². The third-order valence-electron chi connectivity index (χ3n) is 3.40. The van der Waals surface area contributed by atoms with Crippen LogP contribution in [-0.2, 0) is 9.53 Å². The third-order valence-corrected chi connectivity index (χ3v) is 3.40. The van der Waals surface area contributed by atoms with Gasteiger partial charge in [0.05, 0.1) is 19.2 Å². The Hall–Kier alpha value is -1.46. The maximum atomic E-state index is 12.2. The molecule has 104 valence electrons. The molecule has 5 heteroatoms. The van der Waals surface area contributed by atoms with Crippen LogP contribution in [0.15, 0.2) is 24.5 Å². The molecule has 0 saturated carbocycles. The summed E-state index contributed by atoms with van der Waals surface area (Å²) in [5.74, 6) is 0.155. The Balaban J connectivity index is 1.90. The SMILES string of the molecule is COCCNCC(=O)N1CCCC1c1cccnc1. The minimum absolute atomic E-state index is 0.155. The number of hydrogen-bond acceptors (Lipinski definition) is 4. The molecule has 2 rings (SSSR count). The van der Waals surface area contributed by atoms with E-state index < -0.39 is 0 Å². The molecular weight excluding hydrogens is 242 g/mol. The molecule has 2 heterocycles. The fraction of sp³-hybridized carbons (Fsp3) is 0.571. The van der Waals surface area contributed by atoms with Crippen molar-refractivity contribution in [3.8, 4) is 0 Å². The van der Waals surface area contributed by atoms with Gasteiger partial charge in [0.15, 0.2) is 0 Å². The Morgan fingerprint density at radius 2 is 2.53 bits per heavy atom. The molecule has 0 spiro atoms. The van der Waals surface area contributed by atoms with Crippen molar-refractivity contribution < 1.29 is 9.53 Å². The van der Waals surface area contributed by atoms with Crippen molar-refractivity contribution in [1.82, 2.24) is 15.2 Å².